The highest BCUT2D eigenvalue weighted by molar-refractivity contribution is 5.95. The number of rotatable bonds is 11. The van der Waals surface area contributed by atoms with Crippen LogP contribution in [0.15, 0.2) is 48.5 Å². The van der Waals surface area contributed by atoms with Gasteiger partial charge in [-0.15, -0.1) is 0 Å². The van der Waals surface area contributed by atoms with E-state index in [4.69, 9.17) is 22.3 Å². The van der Waals surface area contributed by atoms with Crippen molar-refractivity contribution in [2.75, 3.05) is 23.7 Å². The van der Waals surface area contributed by atoms with Gasteiger partial charge >= 0.3 is 0 Å². The summed E-state index contributed by atoms with van der Waals surface area (Å²) in [5.41, 5.74) is 14.5. The summed E-state index contributed by atoms with van der Waals surface area (Å²) in [4.78, 5) is 0. The minimum absolute atomic E-state index is 0.0972. The van der Waals surface area contributed by atoms with Gasteiger partial charge in [-0.3, -0.25) is 10.8 Å². The largest absolute Gasteiger partial charge is 0.385 e. The average Bonchev–Trinajstić information content (AvgIpc) is 2.64. The van der Waals surface area contributed by atoms with Gasteiger partial charge in [-0.1, -0.05) is 12.8 Å². The van der Waals surface area contributed by atoms with Crippen LogP contribution in [-0.4, -0.2) is 24.8 Å². The quantitative estimate of drug-likeness (QED) is 0.211. The Morgan fingerprint density at radius 3 is 1.27 bits per heavy atom. The number of anilines is 2. The van der Waals surface area contributed by atoms with E-state index in [1.165, 1.54) is 12.8 Å². The zero-order chi connectivity index (χ0) is 18.8. The first kappa shape index (κ1) is 19.3. The highest BCUT2D eigenvalue weighted by Crippen LogP contribution is 2.11. The predicted molar refractivity (Wildman–Crippen MR) is 110 cm³/mol. The molecule has 6 nitrogen and oxygen atoms in total. The Morgan fingerprint density at radius 1 is 0.615 bits per heavy atom. The third kappa shape index (κ3) is 6.47. The fraction of sp³-hybridized carbons (Fsp3) is 0.300. The molecule has 6 heteroatoms. The molecular formula is C20H28N6. The number of benzene rings is 2. The normalized spacial score (nSPS) is 10.3. The standard InChI is InChI=1S/C20H28N6/c21-19(22)15-5-9-17(10-6-15)25-13-3-1-2-4-14-26-18-11-7-16(8-12-18)20(23)24/h5-12,25-26H,1-4,13-14H2,(H3,21,22)(H3,23,24). The zero-order valence-electron chi connectivity index (χ0n) is 15.0. The van der Waals surface area contributed by atoms with Crippen LogP contribution in [0.5, 0.6) is 0 Å². The van der Waals surface area contributed by atoms with E-state index in [1.54, 1.807) is 0 Å². The van der Waals surface area contributed by atoms with Gasteiger partial charge in [-0.2, -0.15) is 0 Å². The summed E-state index contributed by atoms with van der Waals surface area (Å²) in [6, 6.07) is 15.3. The van der Waals surface area contributed by atoms with Gasteiger partial charge in [-0.05, 0) is 61.4 Å². The van der Waals surface area contributed by atoms with Crippen molar-refractivity contribution in [1.82, 2.24) is 0 Å². The summed E-state index contributed by atoms with van der Waals surface area (Å²) in [6.07, 6.45) is 4.62. The summed E-state index contributed by atoms with van der Waals surface area (Å²) in [6.45, 7) is 1.89. The molecule has 138 valence electrons. The van der Waals surface area contributed by atoms with Gasteiger partial charge in [0.25, 0.3) is 0 Å². The van der Waals surface area contributed by atoms with Crippen molar-refractivity contribution in [1.29, 1.82) is 10.8 Å². The molecule has 0 spiro atoms. The van der Waals surface area contributed by atoms with Crippen molar-refractivity contribution in [3.8, 4) is 0 Å². The second-order valence-electron chi connectivity index (χ2n) is 6.25. The number of amidine groups is 2. The maximum absolute atomic E-state index is 7.37. The molecule has 8 N–H and O–H groups in total. The lowest BCUT2D eigenvalue weighted by molar-refractivity contribution is 0.670. The van der Waals surface area contributed by atoms with E-state index >= 15 is 0 Å². The van der Waals surface area contributed by atoms with Crippen LogP contribution in [0.2, 0.25) is 0 Å². The first-order chi connectivity index (χ1) is 12.6. The summed E-state index contributed by atoms with van der Waals surface area (Å²) in [5, 5.41) is 21.5. The lowest BCUT2D eigenvalue weighted by atomic mass is 10.1. The van der Waals surface area contributed by atoms with E-state index in [0.717, 1.165) is 48.4 Å². The summed E-state index contributed by atoms with van der Waals surface area (Å²) in [5.74, 6) is 0.194. The molecule has 0 aromatic heterocycles. The predicted octanol–water partition coefficient (Wildman–Crippen LogP) is 3.34. The molecule has 2 rings (SSSR count). The van der Waals surface area contributed by atoms with Crippen molar-refractivity contribution < 1.29 is 0 Å². The Hall–Kier alpha value is -3.02. The maximum atomic E-state index is 7.37. The Morgan fingerprint density at radius 2 is 0.962 bits per heavy atom. The fourth-order valence-electron chi connectivity index (χ4n) is 2.60. The number of nitrogens with two attached hydrogens (primary N) is 2. The van der Waals surface area contributed by atoms with Crippen LogP contribution in [0.3, 0.4) is 0 Å². The van der Waals surface area contributed by atoms with Crippen molar-refractivity contribution in [2.24, 2.45) is 11.5 Å². The minimum atomic E-state index is 0.0972. The maximum Gasteiger partial charge on any atom is 0.122 e. The van der Waals surface area contributed by atoms with Crippen LogP contribution in [0.25, 0.3) is 0 Å². The summed E-state index contributed by atoms with van der Waals surface area (Å²) >= 11 is 0. The molecule has 0 heterocycles. The van der Waals surface area contributed by atoms with Gasteiger partial charge in [0.05, 0.1) is 0 Å². The first-order valence-corrected chi connectivity index (χ1v) is 8.93. The van der Waals surface area contributed by atoms with E-state index in [2.05, 4.69) is 10.6 Å². The molecule has 0 bridgehead atoms. The number of unbranched alkanes of at least 4 members (excludes halogenated alkanes) is 3. The zero-order valence-corrected chi connectivity index (χ0v) is 15.0. The minimum Gasteiger partial charge on any atom is -0.385 e. The fourth-order valence-corrected chi connectivity index (χ4v) is 2.60. The molecule has 0 amide bonds. The van der Waals surface area contributed by atoms with Gasteiger partial charge in [0.1, 0.15) is 11.7 Å². The number of hydrogen-bond donors (Lipinski definition) is 6. The van der Waals surface area contributed by atoms with Gasteiger partial charge in [-0.25, -0.2) is 0 Å². The molecule has 2 aromatic rings. The SMILES string of the molecule is N=C(N)c1ccc(NCCCCCCNc2ccc(C(=N)N)cc2)cc1. The Labute approximate surface area is 155 Å². The molecule has 0 saturated carbocycles. The van der Waals surface area contributed by atoms with Crippen LogP contribution < -0.4 is 22.1 Å². The molecule has 2 aromatic carbocycles. The first-order valence-electron chi connectivity index (χ1n) is 8.93. The highest BCUT2D eigenvalue weighted by Gasteiger charge is 1.98. The molecular weight excluding hydrogens is 324 g/mol. The number of nitrogen functional groups attached to an aromatic ring is 2. The molecule has 0 atom stereocenters. The smallest absolute Gasteiger partial charge is 0.122 e. The topological polar surface area (TPSA) is 124 Å². The lowest BCUT2D eigenvalue weighted by Crippen LogP contribution is -2.11. The third-order valence-electron chi connectivity index (χ3n) is 4.15. The molecule has 0 aliphatic heterocycles. The van der Waals surface area contributed by atoms with Crippen LogP contribution in [0.1, 0.15) is 36.8 Å². The molecule has 0 unspecified atom stereocenters. The number of nitrogens with one attached hydrogen (secondary N) is 4. The van der Waals surface area contributed by atoms with Crippen molar-refractivity contribution in [3.05, 3.63) is 59.7 Å². The van der Waals surface area contributed by atoms with Gasteiger partial charge in [0.15, 0.2) is 0 Å². The van der Waals surface area contributed by atoms with Gasteiger partial charge in [0.2, 0.25) is 0 Å². The molecule has 0 fully saturated rings. The summed E-state index contributed by atoms with van der Waals surface area (Å²) < 4.78 is 0. The second-order valence-corrected chi connectivity index (χ2v) is 6.25. The Balaban J connectivity index is 1.52. The average molecular weight is 352 g/mol. The Bertz CT molecular complexity index is 643. The lowest BCUT2D eigenvalue weighted by Gasteiger charge is -2.08. The molecule has 0 aliphatic carbocycles. The second kappa shape index (κ2) is 10.1. The highest BCUT2D eigenvalue weighted by atomic mass is 14.9. The van der Waals surface area contributed by atoms with Crippen LogP contribution >= 0.6 is 0 Å². The molecule has 0 radical (unpaired) electrons. The van der Waals surface area contributed by atoms with Crippen molar-refractivity contribution >= 4 is 23.0 Å². The van der Waals surface area contributed by atoms with E-state index in [-0.39, 0.29) is 11.7 Å². The molecule has 0 aliphatic rings. The van der Waals surface area contributed by atoms with E-state index in [9.17, 15) is 0 Å². The van der Waals surface area contributed by atoms with Crippen molar-refractivity contribution in [2.45, 2.75) is 25.7 Å². The number of hydrogen-bond acceptors (Lipinski definition) is 4. The van der Waals surface area contributed by atoms with Gasteiger partial charge < -0.3 is 22.1 Å². The van der Waals surface area contributed by atoms with E-state index in [1.807, 2.05) is 48.5 Å². The third-order valence-corrected chi connectivity index (χ3v) is 4.15. The molecule has 0 saturated heterocycles. The van der Waals surface area contributed by atoms with Gasteiger partial charge in [0, 0.05) is 35.6 Å². The monoisotopic (exact) mass is 352 g/mol. The van der Waals surface area contributed by atoms with E-state index in [0.29, 0.717) is 0 Å². The van der Waals surface area contributed by atoms with Crippen LogP contribution in [-0.2, 0) is 0 Å². The molecule has 26 heavy (non-hydrogen) atoms. The van der Waals surface area contributed by atoms with E-state index < -0.39 is 0 Å². The Kier molecular flexibility index (Phi) is 7.49. The van der Waals surface area contributed by atoms with Crippen molar-refractivity contribution in [3.63, 3.8) is 0 Å². The summed E-state index contributed by atoms with van der Waals surface area (Å²) in [7, 11) is 0. The van der Waals surface area contributed by atoms with Crippen LogP contribution in [0.4, 0.5) is 11.4 Å². The van der Waals surface area contributed by atoms with Crippen LogP contribution in [0, 0.1) is 10.8 Å².